The van der Waals surface area contributed by atoms with Crippen molar-refractivity contribution in [2.75, 3.05) is 13.6 Å². The highest BCUT2D eigenvalue weighted by atomic mass is 32.1. The van der Waals surface area contributed by atoms with E-state index in [1.54, 1.807) is 17.4 Å². The normalized spacial score (nSPS) is 29.5. The number of nitrogens with zero attached hydrogens (tertiary/aromatic N) is 1. The van der Waals surface area contributed by atoms with Crippen LogP contribution in [0.15, 0.2) is 33.8 Å². The summed E-state index contributed by atoms with van der Waals surface area (Å²) in [6.45, 7) is 2.19. The van der Waals surface area contributed by atoms with Gasteiger partial charge >= 0.3 is 0 Å². The molecule has 2 aromatic heterocycles. The molecule has 0 radical (unpaired) electrons. The summed E-state index contributed by atoms with van der Waals surface area (Å²) in [5, 5.41) is 7.30. The Bertz CT molecular complexity index is 924. The minimum absolute atomic E-state index is 0.225. The Balaban J connectivity index is 1.17. The van der Waals surface area contributed by atoms with Crippen LogP contribution in [0, 0.1) is 29.6 Å². The minimum atomic E-state index is -0.293. The lowest BCUT2D eigenvalue weighted by Gasteiger charge is -2.54. The standard InChI is InChI=1S/C24H31N3O2S/c1-27(12-15-4-5-30-14-15)13-20-2-3-21(24(29)26-20)23(28)25-11-22-18-7-16-6-17(9-18)10-19(22)8-16/h2-5,14,16-19,22H,6-13H2,1H3,(H,25,28)(H,26,29). The first-order valence-corrected chi connectivity index (χ1v) is 12.2. The van der Waals surface area contributed by atoms with Crippen molar-refractivity contribution in [2.24, 2.45) is 29.6 Å². The minimum Gasteiger partial charge on any atom is -0.352 e. The van der Waals surface area contributed by atoms with Crippen LogP contribution in [0.4, 0.5) is 0 Å². The molecule has 0 aromatic carbocycles. The van der Waals surface area contributed by atoms with Crippen LogP contribution in [0.25, 0.3) is 0 Å². The Morgan fingerprint density at radius 2 is 1.83 bits per heavy atom. The lowest BCUT2D eigenvalue weighted by atomic mass is 9.52. The molecule has 4 aliphatic carbocycles. The summed E-state index contributed by atoms with van der Waals surface area (Å²) in [7, 11) is 2.03. The van der Waals surface area contributed by atoms with Crippen LogP contribution in [0.5, 0.6) is 0 Å². The third-order valence-electron chi connectivity index (χ3n) is 7.61. The van der Waals surface area contributed by atoms with E-state index in [9.17, 15) is 9.59 Å². The van der Waals surface area contributed by atoms with Gasteiger partial charge < -0.3 is 10.3 Å². The fourth-order valence-corrected chi connectivity index (χ4v) is 7.16. The third-order valence-corrected chi connectivity index (χ3v) is 8.34. The Morgan fingerprint density at radius 1 is 1.10 bits per heavy atom. The molecule has 4 aliphatic rings. The van der Waals surface area contributed by atoms with E-state index >= 15 is 0 Å². The van der Waals surface area contributed by atoms with Gasteiger partial charge in [0.25, 0.3) is 11.5 Å². The molecule has 4 fully saturated rings. The van der Waals surface area contributed by atoms with Gasteiger partial charge in [0.05, 0.1) is 0 Å². The SMILES string of the molecule is CN(Cc1ccsc1)Cc1ccc(C(=O)NCC2C3CC4CC(C3)CC2C4)c(=O)[nH]1. The van der Waals surface area contributed by atoms with Gasteiger partial charge in [-0.15, -0.1) is 0 Å². The molecule has 4 saturated carbocycles. The first-order valence-electron chi connectivity index (χ1n) is 11.2. The molecule has 6 heteroatoms. The Kier molecular flexibility index (Phi) is 5.54. The van der Waals surface area contributed by atoms with Crippen LogP contribution in [0.1, 0.15) is 53.7 Å². The molecule has 2 heterocycles. The van der Waals surface area contributed by atoms with Crippen LogP contribution in [0.2, 0.25) is 0 Å². The lowest BCUT2D eigenvalue weighted by molar-refractivity contribution is -0.0347. The second kappa shape index (κ2) is 8.31. The summed E-state index contributed by atoms with van der Waals surface area (Å²) >= 11 is 1.69. The van der Waals surface area contributed by atoms with Gasteiger partial charge in [-0.1, -0.05) is 0 Å². The summed E-state index contributed by atoms with van der Waals surface area (Å²) < 4.78 is 0. The van der Waals surface area contributed by atoms with E-state index < -0.39 is 0 Å². The molecule has 4 bridgehead atoms. The first-order chi connectivity index (χ1) is 14.5. The number of aromatic nitrogens is 1. The number of hydrogen-bond acceptors (Lipinski definition) is 4. The number of carbonyl (C=O) groups excluding carboxylic acids is 1. The maximum atomic E-state index is 12.7. The molecule has 0 atom stereocenters. The maximum absolute atomic E-state index is 12.7. The second-order valence-corrected chi connectivity index (χ2v) is 10.6. The van der Waals surface area contributed by atoms with E-state index in [1.807, 2.05) is 13.1 Å². The van der Waals surface area contributed by atoms with Gasteiger partial charge in [-0.25, -0.2) is 0 Å². The second-order valence-electron chi connectivity index (χ2n) is 9.83. The molecule has 0 saturated heterocycles. The van der Waals surface area contributed by atoms with Crippen molar-refractivity contribution in [1.82, 2.24) is 15.2 Å². The molecule has 1 amide bonds. The summed E-state index contributed by atoms with van der Waals surface area (Å²) in [6, 6.07) is 5.66. The van der Waals surface area contributed by atoms with Gasteiger partial charge in [-0.3, -0.25) is 14.5 Å². The van der Waals surface area contributed by atoms with Crippen molar-refractivity contribution < 1.29 is 4.79 Å². The number of amides is 1. The fraction of sp³-hybridized carbons (Fsp3) is 0.583. The molecule has 160 valence electrons. The molecule has 0 unspecified atom stereocenters. The van der Waals surface area contributed by atoms with Crippen LogP contribution < -0.4 is 10.9 Å². The van der Waals surface area contributed by atoms with E-state index in [4.69, 9.17) is 0 Å². The van der Waals surface area contributed by atoms with E-state index in [1.165, 1.54) is 37.7 Å². The van der Waals surface area contributed by atoms with Gasteiger partial charge in [0, 0.05) is 25.3 Å². The number of H-pyrrole nitrogens is 1. The quantitative estimate of drug-likeness (QED) is 0.708. The van der Waals surface area contributed by atoms with E-state index in [-0.39, 0.29) is 17.0 Å². The largest absolute Gasteiger partial charge is 0.352 e. The maximum Gasteiger partial charge on any atom is 0.261 e. The average Bonchev–Trinajstić information content (AvgIpc) is 3.19. The van der Waals surface area contributed by atoms with Crippen molar-refractivity contribution >= 4 is 17.2 Å². The molecule has 30 heavy (non-hydrogen) atoms. The molecule has 0 aliphatic heterocycles. The molecule has 2 N–H and O–H groups in total. The predicted octanol–water partition coefficient (Wildman–Crippen LogP) is 3.87. The smallest absolute Gasteiger partial charge is 0.261 e. The van der Waals surface area contributed by atoms with E-state index in [2.05, 4.69) is 32.0 Å². The fourth-order valence-electron chi connectivity index (χ4n) is 6.50. The van der Waals surface area contributed by atoms with Gasteiger partial charge in [0.2, 0.25) is 0 Å². The summed E-state index contributed by atoms with van der Waals surface area (Å²) in [6.07, 6.45) is 6.84. The number of carbonyl (C=O) groups is 1. The van der Waals surface area contributed by atoms with Gasteiger partial charge in [0.1, 0.15) is 5.56 Å². The molecular formula is C24H31N3O2S. The number of thiophene rings is 1. The monoisotopic (exact) mass is 425 g/mol. The highest BCUT2D eigenvalue weighted by Crippen LogP contribution is 2.56. The molecule has 5 nitrogen and oxygen atoms in total. The van der Waals surface area contributed by atoms with E-state index in [0.717, 1.165) is 42.5 Å². The molecular weight excluding hydrogens is 394 g/mol. The third kappa shape index (κ3) is 4.12. The van der Waals surface area contributed by atoms with Crippen molar-refractivity contribution in [3.63, 3.8) is 0 Å². The number of pyridine rings is 1. The number of hydrogen-bond donors (Lipinski definition) is 2. The molecule has 6 rings (SSSR count). The predicted molar refractivity (Wildman–Crippen MR) is 119 cm³/mol. The summed E-state index contributed by atoms with van der Waals surface area (Å²) in [5.41, 5.74) is 2.03. The van der Waals surface area contributed by atoms with Crippen molar-refractivity contribution in [3.05, 3.63) is 56.1 Å². The molecule has 2 aromatic rings. The molecule has 0 spiro atoms. The number of aromatic amines is 1. The van der Waals surface area contributed by atoms with E-state index in [0.29, 0.717) is 12.5 Å². The lowest BCUT2D eigenvalue weighted by Crippen LogP contribution is -2.49. The first kappa shape index (κ1) is 20.0. The average molecular weight is 426 g/mol. The summed E-state index contributed by atoms with van der Waals surface area (Å²) in [5.74, 6) is 3.80. The number of rotatable bonds is 7. The van der Waals surface area contributed by atoms with Crippen molar-refractivity contribution in [1.29, 1.82) is 0 Å². The Morgan fingerprint density at radius 3 is 2.47 bits per heavy atom. The zero-order chi connectivity index (χ0) is 20.7. The highest BCUT2D eigenvalue weighted by molar-refractivity contribution is 7.07. The topological polar surface area (TPSA) is 65.2 Å². The van der Waals surface area contributed by atoms with Crippen LogP contribution in [-0.4, -0.2) is 29.4 Å². The number of nitrogens with one attached hydrogen (secondary N) is 2. The zero-order valence-electron chi connectivity index (χ0n) is 17.6. The Labute approximate surface area is 181 Å². The zero-order valence-corrected chi connectivity index (χ0v) is 18.4. The van der Waals surface area contributed by atoms with Crippen LogP contribution >= 0.6 is 11.3 Å². The van der Waals surface area contributed by atoms with Crippen LogP contribution in [0.3, 0.4) is 0 Å². The van der Waals surface area contributed by atoms with Crippen LogP contribution in [-0.2, 0) is 13.1 Å². The van der Waals surface area contributed by atoms with Crippen molar-refractivity contribution in [3.8, 4) is 0 Å². The Hall–Kier alpha value is -1.92. The highest BCUT2D eigenvalue weighted by Gasteiger charge is 2.47. The van der Waals surface area contributed by atoms with Crippen molar-refractivity contribution in [2.45, 2.75) is 45.2 Å². The summed E-state index contributed by atoms with van der Waals surface area (Å²) in [4.78, 5) is 30.3. The van der Waals surface area contributed by atoms with Gasteiger partial charge in [0.15, 0.2) is 0 Å². The van der Waals surface area contributed by atoms with Gasteiger partial charge in [-0.05, 0) is 103 Å². The van der Waals surface area contributed by atoms with Gasteiger partial charge in [-0.2, -0.15) is 11.3 Å².